The monoisotopic (exact) mass is 206 g/mol. The van der Waals surface area contributed by atoms with Gasteiger partial charge in [0.15, 0.2) is 9.84 Å². The summed E-state index contributed by atoms with van der Waals surface area (Å²) in [6, 6.07) is 0. The molecule has 1 atom stereocenters. The van der Waals surface area contributed by atoms with E-state index in [0.29, 0.717) is 19.3 Å². The molecule has 1 fully saturated rings. The van der Waals surface area contributed by atoms with E-state index in [4.69, 9.17) is 5.11 Å². The zero-order valence-electron chi connectivity index (χ0n) is 7.40. The number of aliphatic hydroxyl groups is 1. The number of sulfone groups is 1. The zero-order chi connectivity index (χ0) is 9.95. The van der Waals surface area contributed by atoms with Crippen LogP contribution in [0.15, 0.2) is 0 Å². The van der Waals surface area contributed by atoms with Crippen LogP contribution in [0, 0.1) is 5.41 Å². The second-order valence-electron chi connectivity index (χ2n) is 3.65. The fourth-order valence-electron chi connectivity index (χ4n) is 1.72. The Morgan fingerprint density at radius 2 is 2.15 bits per heavy atom. The average Bonchev–Trinajstić information content (AvgIpc) is 2.40. The standard InChI is InChI=1S/C8H14O4S/c9-4-1-2-8(6-10)3-5-13(11,12)7-8/h6,9H,1-5,7H2. The molecule has 0 aromatic heterocycles. The molecule has 1 rings (SSSR count). The van der Waals surface area contributed by atoms with Crippen molar-refractivity contribution >= 4 is 16.1 Å². The summed E-state index contributed by atoms with van der Waals surface area (Å²) in [5.74, 6) is 0.0701. The van der Waals surface area contributed by atoms with Gasteiger partial charge >= 0.3 is 0 Å². The number of aliphatic hydroxyl groups excluding tert-OH is 1. The van der Waals surface area contributed by atoms with Crippen molar-refractivity contribution in [2.75, 3.05) is 18.1 Å². The third kappa shape index (κ3) is 2.51. The second-order valence-corrected chi connectivity index (χ2v) is 5.83. The van der Waals surface area contributed by atoms with Crippen LogP contribution in [0.5, 0.6) is 0 Å². The summed E-state index contributed by atoms with van der Waals surface area (Å²) in [7, 11) is -3.01. The fourth-order valence-corrected chi connectivity index (χ4v) is 3.82. The summed E-state index contributed by atoms with van der Waals surface area (Å²) in [5, 5.41) is 8.60. The highest BCUT2D eigenvalue weighted by Crippen LogP contribution is 2.34. The Morgan fingerprint density at radius 1 is 1.46 bits per heavy atom. The molecular formula is C8H14O4S. The van der Waals surface area contributed by atoms with Crippen molar-refractivity contribution in [1.29, 1.82) is 0 Å². The van der Waals surface area contributed by atoms with E-state index in [0.717, 1.165) is 6.29 Å². The minimum absolute atomic E-state index is 0.00956. The van der Waals surface area contributed by atoms with Crippen molar-refractivity contribution in [3.63, 3.8) is 0 Å². The van der Waals surface area contributed by atoms with Crippen LogP contribution in [0.25, 0.3) is 0 Å². The van der Waals surface area contributed by atoms with E-state index in [9.17, 15) is 13.2 Å². The van der Waals surface area contributed by atoms with Crippen LogP contribution in [0.1, 0.15) is 19.3 Å². The molecule has 4 nitrogen and oxygen atoms in total. The van der Waals surface area contributed by atoms with Crippen molar-refractivity contribution in [2.24, 2.45) is 5.41 Å². The highest BCUT2D eigenvalue weighted by molar-refractivity contribution is 7.91. The lowest BCUT2D eigenvalue weighted by Crippen LogP contribution is -2.24. The number of hydrogen-bond donors (Lipinski definition) is 1. The Labute approximate surface area is 77.9 Å². The summed E-state index contributed by atoms with van der Waals surface area (Å²) in [4.78, 5) is 10.8. The molecule has 1 saturated heterocycles. The van der Waals surface area contributed by atoms with Gasteiger partial charge in [0, 0.05) is 12.0 Å². The first-order chi connectivity index (χ1) is 6.04. The minimum atomic E-state index is -3.01. The highest BCUT2D eigenvalue weighted by Gasteiger charge is 2.41. The first-order valence-corrected chi connectivity index (χ1v) is 6.13. The number of rotatable bonds is 4. The molecule has 76 valence electrons. The van der Waals surface area contributed by atoms with Crippen LogP contribution >= 0.6 is 0 Å². The lowest BCUT2D eigenvalue weighted by molar-refractivity contribution is -0.115. The van der Waals surface area contributed by atoms with Gasteiger partial charge in [-0.3, -0.25) is 0 Å². The topological polar surface area (TPSA) is 71.4 Å². The predicted molar refractivity (Wildman–Crippen MR) is 48.1 cm³/mol. The van der Waals surface area contributed by atoms with Crippen LogP contribution in [-0.2, 0) is 14.6 Å². The van der Waals surface area contributed by atoms with Gasteiger partial charge < -0.3 is 9.90 Å². The normalized spacial score (nSPS) is 31.8. The van der Waals surface area contributed by atoms with E-state index in [1.165, 1.54) is 0 Å². The maximum Gasteiger partial charge on any atom is 0.151 e. The van der Waals surface area contributed by atoms with Crippen molar-refractivity contribution < 1.29 is 18.3 Å². The van der Waals surface area contributed by atoms with Crippen LogP contribution in [0.3, 0.4) is 0 Å². The second kappa shape index (κ2) is 3.75. The molecule has 1 N–H and O–H groups in total. The Hall–Kier alpha value is -0.420. The van der Waals surface area contributed by atoms with E-state index < -0.39 is 15.3 Å². The Kier molecular flexibility index (Phi) is 3.08. The van der Waals surface area contributed by atoms with Gasteiger partial charge in [-0.15, -0.1) is 0 Å². The minimum Gasteiger partial charge on any atom is -0.396 e. The van der Waals surface area contributed by atoms with Gasteiger partial charge in [-0.05, 0) is 19.3 Å². The number of hydrogen-bond acceptors (Lipinski definition) is 4. The van der Waals surface area contributed by atoms with E-state index in [2.05, 4.69) is 0 Å². The number of aldehydes is 1. The number of carbonyl (C=O) groups is 1. The SMILES string of the molecule is O=CC1(CCCO)CCS(=O)(=O)C1. The molecule has 1 aliphatic rings. The van der Waals surface area contributed by atoms with Gasteiger partial charge in [0.1, 0.15) is 6.29 Å². The highest BCUT2D eigenvalue weighted by atomic mass is 32.2. The fraction of sp³-hybridized carbons (Fsp3) is 0.875. The van der Waals surface area contributed by atoms with Crippen LogP contribution in [-0.4, -0.2) is 37.9 Å². The summed E-state index contributed by atoms with van der Waals surface area (Å²) in [5.41, 5.74) is -0.707. The first kappa shape index (κ1) is 10.7. The molecule has 0 amide bonds. The van der Waals surface area contributed by atoms with Crippen molar-refractivity contribution in [1.82, 2.24) is 0 Å². The third-order valence-electron chi connectivity index (χ3n) is 2.50. The van der Waals surface area contributed by atoms with Gasteiger partial charge in [-0.1, -0.05) is 0 Å². The van der Waals surface area contributed by atoms with Gasteiger partial charge in [-0.2, -0.15) is 0 Å². The Morgan fingerprint density at radius 3 is 2.54 bits per heavy atom. The van der Waals surface area contributed by atoms with Crippen molar-refractivity contribution in [3.05, 3.63) is 0 Å². The number of carbonyl (C=O) groups excluding carboxylic acids is 1. The molecule has 0 aliphatic carbocycles. The summed E-state index contributed by atoms with van der Waals surface area (Å²) >= 11 is 0. The van der Waals surface area contributed by atoms with Gasteiger partial charge in [0.05, 0.1) is 11.5 Å². The lowest BCUT2D eigenvalue weighted by Gasteiger charge is -2.18. The Balaban J connectivity index is 2.68. The molecule has 1 heterocycles. The molecule has 0 bridgehead atoms. The molecule has 5 heteroatoms. The molecule has 13 heavy (non-hydrogen) atoms. The molecular weight excluding hydrogens is 192 g/mol. The van der Waals surface area contributed by atoms with E-state index in [1.54, 1.807) is 0 Å². The smallest absolute Gasteiger partial charge is 0.151 e. The molecule has 0 aromatic rings. The molecule has 0 spiro atoms. The maximum atomic E-state index is 11.1. The van der Waals surface area contributed by atoms with Gasteiger partial charge in [-0.25, -0.2) is 8.42 Å². The molecule has 0 aromatic carbocycles. The van der Waals surface area contributed by atoms with Crippen molar-refractivity contribution in [2.45, 2.75) is 19.3 Å². The van der Waals surface area contributed by atoms with Crippen molar-refractivity contribution in [3.8, 4) is 0 Å². The average molecular weight is 206 g/mol. The largest absolute Gasteiger partial charge is 0.396 e. The summed E-state index contributed by atoms with van der Waals surface area (Å²) in [6.07, 6.45) is 2.13. The summed E-state index contributed by atoms with van der Waals surface area (Å²) < 4.78 is 22.3. The third-order valence-corrected chi connectivity index (χ3v) is 4.34. The molecule has 1 aliphatic heterocycles. The van der Waals surface area contributed by atoms with Gasteiger partial charge in [0.25, 0.3) is 0 Å². The maximum absolute atomic E-state index is 11.1. The Bertz CT molecular complexity index is 283. The zero-order valence-corrected chi connectivity index (χ0v) is 8.22. The molecule has 0 radical (unpaired) electrons. The van der Waals surface area contributed by atoms with E-state index >= 15 is 0 Å². The molecule has 0 saturated carbocycles. The van der Waals surface area contributed by atoms with Crippen LogP contribution in [0.2, 0.25) is 0 Å². The quantitative estimate of drug-likeness (QED) is 0.644. The van der Waals surface area contributed by atoms with Crippen LogP contribution < -0.4 is 0 Å². The molecule has 1 unspecified atom stereocenters. The van der Waals surface area contributed by atoms with Crippen LogP contribution in [0.4, 0.5) is 0 Å². The summed E-state index contributed by atoms with van der Waals surface area (Å²) in [6.45, 7) is 0.00956. The lowest BCUT2D eigenvalue weighted by atomic mass is 9.85. The van der Waals surface area contributed by atoms with E-state index in [1.807, 2.05) is 0 Å². The predicted octanol–water partition coefficient (Wildman–Crippen LogP) is -0.237. The van der Waals surface area contributed by atoms with E-state index in [-0.39, 0.29) is 18.1 Å². The van der Waals surface area contributed by atoms with Gasteiger partial charge in [0.2, 0.25) is 0 Å². The first-order valence-electron chi connectivity index (χ1n) is 4.31.